The molecule has 91 valence electrons. The van der Waals surface area contributed by atoms with Gasteiger partial charge in [0.2, 0.25) is 0 Å². The van der Waals surface area contributed by atoms with E-state index in [1.165, 1.54) is 0 Å². The molecule has 2 aromatic rings. The fourth-order valence-corrected chi connectivity index (χ4v) is 1.67. The Morgan fingerprint density at radius 2 is 1.39 bits per heavy atom. The first kappa shape index (κ1) is 14.5. The van der Waals surface area contributed by atoms with Gasteiger partial charge in [0.1, 0.15) is 11.8 Å². The summed E-state index contributed by atoms with van der Waals surface area (Å²) in [5.74, 6) is 0. The molecule has 0 aliphatic rings. The number of benzene rings is 2. The van der Waals surface area contributed by atoms with E-state index in [4.69, 9.17) is 5.21 Å². The van der Waals surface area contributed by atoms with Crippen LogP contribution in [-0.2, 0) is 17.1 Å². The fourth-order valence-electron chi connectivity index (χ4n) is 1.67. The zero-order valence-electron chi connectivity index (χ0n) is 9.57. The monoisotopic (exact) mass is 282 g/mol. The van der Waals surface area contributed by atoms with Crippen molar-refractivity contribution in [3.05, 3.63) is 71.8 Å². The number of oxime groups is 1. The molecule has 1 atom stereocenters. The summed E-state index contributed by atoms with van der Waals surface area (Å²) in [6, 6.07) is 18.2. The van der Waals surface area contributed by atoms with Crippen LogP contribution < -0.4 is 0 Å². The molecule has 0 saturated carbocycles. The molecule has 0 aliphatic carbocycles. The summed E-state index contributed by atoms with van der Waals surface area (Å²) in [4.78, 5) is 0. The van der Waals surface area contributed by atoms with Crippen LogP contribution in [0.15, 0.2) is 65.8 Å². The molecule has 0 aliphatic heterocycles. The van der Waals surface area contributed by atoms with Crippen LogP contribution in [0.5, 0.6) is 0 Å². The van der Waals surface area contributed by atoms with Crippen molar-refractivity contribution >= 4 is 5.71 Å². The molecule has 0 spiro atoms. The Kier molecular flexibility index (Phi) is 5.59. The second-order valence-electron chi connectivity index (χ2n) is 3.66. The Bertz CT molecular complexity index is 500. The van der Waals surface area contributed by atoms with E-state index in [0.717, 1.165) is 0 Å². The van der Waals surface area contributed by atoms with Gasteiger partial charge in [-0.1, -0.05) is 65.8 Å². The molecule has 2 rings (SSSR count). The van der Waals surface area contributed by atoms with Crippen molar-refractivity contribution in [2.75, 3.05) is 0 Å². The molecule has 2 N–H and O–H groups in total. The third-order valence-electron chi connectivity index (χ3n) is 2.55. The third-order valence-corrected chi connectivity index (χ3v) is 2.55. The number of rotatable bonds is 3. The van der Waals surface area contributed by atoms with E-state index < -0.39 is 6.10 Å². The summed E-state index contributed by atoms with van der Waals surface area (Å²) in [7, 11) is 0. The van der Waals surface area contributed by atoms with Crippen LogP contribution in [0.2, 0.25) is 0 Å². The standard InChI is InChI=1S/C14H13NO2.Mn/c16-14(12-9-5-2-6-10-12)13(15-17)11-7-3-1-4-8-11;/h1-10,14,16-17H;/q;+2. The van der Waals surface area contributed by atoms with Crippen LogP contribution in [0, 0.1) is 0 Å². The van der Waals surface area contributed by atoms with Crippen molar-refractivity contribution in [1.29, 1.82) is 0 Å². The van der Waals surface area contributed by atoms with E-state index in [-0.39, 0.29) is 22.8 Å². The first-order valence-corrected chi connectivity index (χ1v) is 5.33. The molecule has 3 nitrogen and oxygen atoms in total. The summed E-state index contributed by atoms with van der Waals surface area (Å²) >= 11 is 0. The Balaban J connectivity index is 0.00000162. The van der Waals surface area contributed by atoms with Crippen LogP contribution in [-0.4, -0.2) is 16.0 Å². The maximum absolute atomic E-state index is 10.1. The zero-order valence-corrected chi connectivity index (χ0v) is 10.8. The summed E-state index contributed by atoms with van der Waals surface area (Å²) in [6.07, 6.45) is -0.927. The summed E-state index contributed by atoms with van der Waals surface area (Å²) < 4.78 is 0. The quantitative estimate of drug-likeness (QED) is 0.393. The van der Waals surface area contributed by atoms with E-state index in [0.29, 0.717) is 11.1 Å². The Morgan fingerprint density at radius 3 is 1.89 bits per heavy atom. The number of nitrogens with zero attached hydrogens (tertiary/aromatic N) is 1. The molecule has 0 aromatic heterocycles. The topological polar surface area (TPSA) is 52.8 Å². The first-order chi connectivity index (χ1) is 8.33. The number of aliphatic hydroxyl groups excluding tert-OH is 1. The van der Waals surface area contributed by atoms with Gasteiger partial charge in [-0.15, -0.1) is 0 Å². The first-order valence-electron chi connectivity index (χ1n) is 5.33. The Hall–Kier alpha value is -1.61. The van der Waals surface area contributed by atoms with Gasteiger partial charge >= 0.3 is 17.1 Å². The molecular weight excluding hydrogens is 269 g/mol. The molecule has 4 heteroatoms. The van der Waals surface area contributed by atoms with E-state index in [1.807, 2.05) is 36.4 Å². The molecule has 1 unspecified atom stereocenters. The molecule has 0 bridgehead atoms. The Labute approximate surface area is 116 Å². The average Bonchev–Trinajstić information content (AvgIpc) is 2.42. The van der Waals surface area contributed by atoms with Gasteiger partial charge in [-0.05, 0) is 5.56 Å². The minimum Gasteiger partial charge on any atom is -0.411 e. The fraction of sp³-hybridized carbons (Fsp3) is 0.0714. The van der Waals surface area contributed by atoms with Crippen LogP contribution >= 0.6 is 0 Å². The molecule has 2 aromatic carbocycles. The van der Waals surface area contributed by atoms with Crippen molar-refractivity contribution in [2.24, 2.45) is 5.16 Å². The van der Waals surface area contributed by atoms with Crippen molar-refractivity contribution < 1.29 is 27.4 Å². The molecule has 0 saturated heterocycles. The van der Waals surface area contributed by atoms with Gasteiger partial charge in [0.05, 0.1) is 0 Å². The van der Waals surface area contributed by atoms with E-state index in [9.17, 15) is 5.11 Å². The minimum absolute atomic E-state index is 0. The normalized spacial score (nSPS) is 12.6. The average molecular weight is 282 g/mol. The van der Waals surface area contributed by atoms with Gasteiger partial charge in [0, 0.05) is 5.56 Å². The second-order valence-corrected chi connectivity index (χ2v) is 3.66. The summed E-state index contributed by atoms with van der Waals surface area (Å²) in [5, 5.41) is 22.4. The van der Waals surface area contributed by atoms with Crippen molar-refractivity contribution in [3.8, 4) is 0 Å². The van der Waals surface area contributed by atoms with Crippen LogP contribution in [0.25, 0.3) is 0 Å². The maximum Gasteiger partial charge on any atom is 2.00 e. The van der Waals surface area contributed by atoms with Crippen LogP contribution in [0.1, 0.15) is 17.2 Å². The van der Waals surface area contributed by atoms with E-state index in [1.54, 1.807) is 24.3 Å². The number of hydrogen-bond acceptors (Lipinski definition) is 3. The summed E-state index contributed by atoms with van der Waals surface area (Å²) in [5.41, 5.74) is 1.65. The molecule has 0 heterocycles. The van der Waals surface area contributed by atoms with E-state index >= 15 is 0 Å². The molecule has 0 amide bonds. The largest absolute Gasteiger partial charge is 2.00 e. The molecular formula is C14H13MnNO2+2. The molecule has 18 heavy (non-hydrogen) atoms. The van der Waals surface area contributed by atoms with E-state index in [2.05, 4.69) is 5.16 Å². The van der Waals surface area contributed by atoms with Gasteiger partial charge < -0.3 is 10.3 Å². The number of hydrogen-bond donors (Lipinski definition) is 2. The maximum atomic E-state index is 10.1. The van der Waals surface area contributed by atoms with Crippen LogP contribution in [0.3, 0.4) is 0 Å². The van der Waals surface area contributed by atoms with Crippen molar-refractivity contribution in [1.82, 2.24) is 0 Å². The predicted molar refractivity (Wildman–Crippen MR) is 66.2 cm³/mol. The predicted octanol–water partition coefficient (Wildman–Crippen LogP) is 2.60. The van der Waals surface area contributed by atoms with Crippen molar-refractivity contribution in [3.63, 3.8) is 0 Å². The van der Waals surface area contributed by atoms with Gasteiger partial charge in [-0.2, -0.15) is 0 Å². The Morgan fingerprint density at radius 1 is 0.889 bits per heavy atom. The van der Waals surface area contributed by atoms with Gasteiger partial charge in [-0.25, -0.2) is 0 Å². The third kappa shape index (κ3) is 3.20. The molecule has 1 radical (unpaired) electrons. The molecule has 0 fully saturated rings. The number of aliphatic hydroxyl groups is 1. The van der Waals surface area contributed by atoms with Gasteiger partial charge in [0.25, 0.3) is 0 Å². The summed E-state index contributed by atoms with van der Waals surface area (Å²) in [6.45, 7) is 0. The zero-order chi connectivity index (χ0) is 12.1. The van der Waals surface area contributed by atoms with Gasteiger partial charge in [-0.3, -0.25) is 0 Å². The van der Waals surface area contributed by atoms with Crippen LogP contribution in [0.4, 0.5) is 0 Å². The minimum atomic E-state index is -0.927. The SMILES string of the molecule is ON=C(c1ccccc1)C(O)c1ccccc1.[Mn+2]. The second kappa shape index (κ2) is 6.96. The van der Waals surface area contributed by atoms with Crippen molar-refractivity contribution in [2.45, 2.75) is 6.10 Å². The smallest absolute Gasteiger partial charge is 0.411 e. The van der Waals surface area contributed by atoms with Gasteiger partial charge in [0.15, 0.2) is 0 Å².